The van der Waals surface area contributed by atoms with Crippen LogP contribution in [0.15, 0.2) is 60.7 Å². The molecule has 0 aliphatic heterocycles. The number of ether oxygens (including phenoxy) is 1. The molecule has 0 fully saturated rings. The second kappa shape index (κ2) is 7.53. The van der Waals surface area contributed by atoms with E-state index >= 15 is 0 Å². The van der Waals surface area contributed by atoms with Crippen LogP contribution in [0, 0.1) is 17.0 Å². The molecule has 0 aliphatic rings. The van der Waals surface area contributed by atoms with E-state index in [0.29, 0.717) is 44.1 Å². The van der Waals surface area contributed by atoms with E-state index in [2.05, 4.69) is 4.98 Å². The summed E-state index contributed by atoms with van der Waals surface area (Å²) in [4.78, 5) is 25.6. The van der Waals surface area contributed by atoms with Crippen molar-refractivity contribution < 1.29 is 19.6 Å². The third-order valence-corrected chi connectivity index (χ3v) is 4.95. The number of nitrogens with one attached hydrogen (secondary N) is 1. The fourth-order valence-electron chi connectivity index (χ4n) is 3.32. The van der Waals surface area contributed by atoms with E-state index in [0.717, 1.165) is 0 Å². The number of fused-ring (bicyclic) bond motifs is 1. The average Bonchev–Trinajstić information content (AvgIpc) is 3.07. The van der Waals surface area contributed by atoms with Gasteiger partial charge in [-0.2, -0.15) is 0 Å². The Kier molecular flexibility index (Phi) is 4.89. The van der Waals surface area contributed by atoms with Gasteiger partial charge in [0, 0.05) is 33.1 Å². The summed E-state index contributed by atoms with van der Waals surface area (Å²) in [5.74, 6) is -0.159. The SMILES string of the molecule is Cc1ccc(-c2c(C(=O)O)[nH]c3ccc(Oc4cccc(Cl)c4)cc23)cc1[N+](=O)[O-]. The van der Waals surface area contributed by atoms with Crippen LogP contribution in [0.3, 0.4) is 0 Å². The number of nitro benzene ring substituents is 1. The number of hydrogen-bond acceptors (Lipinski definition) is 4. The Morgan fingerprint density at radius 2 is 1.87 bits per heavy atom. The van der Waals surface area contributed by atoms with Gasteiger partial charge in [-0.15, -0.1) is 0 Å². The van der Waals surface area contributed by atoms with Gasteiger partial charge in [0.15, 0.2) is 0 Å². The number of aromatic nitrogens is 1. The van der Waals surface area contributed by atoms with Crippen LogP contribution >= 0.6 is 11.6 Å². The molecular formula is C22H15ClN2O5. The second-order valence-electron chi connectivity index (χ2n) is 6.71. The monoisotopic (exact) mass is 422 g/mol. The van der Waals surface area contributed by atoms with E-state index in [1.54, 1.807) is 61.5 Å². The summed E-state index contributed by atoms with van der Waals surface area (Å²) in [5, 5.41) is 22.1. The maximum absolute atomic E-state index is 11.9. The van der Waals surface area contributed by atoms with Crippen molar-refractivity contribution >= 4 is 34.2 Å². The van der Waals surface area contributed by atoms with E-state index in [1.807, 2.05) is 0 Å². The first-order chi connectivity index (χ1) is 14.3. The van der Waals surface area contributed by atoms with Crippen molar-refractivity contribution in [3.05, 3.63) is 87.1 Å². The zero-order chi connectivity index (χ0) is 21.4. The number of nitro groups is 1. The van der Waals surface area contributed by atoms with Gasteiger partial charge in [0.2, 0.25) is 0 Å². The lowest BCUT2D eigenvalue weighted by molar-refractivity contribution is -0.385. The standard InChI is InChI=1S/C22H15ClN2O5/c1-12-5-6-13(9-19(12)25(28)29)20-17-11-16(30-15-4-2-3-14(23)10-15)7-8-18(17)24-21(20)22(26)27/h2-11,24H,1H3,(H,26,27). The molecule has 150 valence electrons. The van der Waals surface area contributed by atoms with Crippen LogP contribution in [-0.4, -0.2) is 21.0 Å². The third-order valence-electron chi connectivity index (χ3n) is 4.71. The van der Waals surface area contributed by atoms with E-state index in [1.165, 1.54) is 6.07 Å². The molecule has 0 bridgehead atoms. The molecule has 4 rings (SSSR count). The van der Waals surface area contributed by atoms with Crippen molar-refractivity contribution in [2.45, 2.75) is 6.92 Å². The Morgan fingerprint density at radius 1 is 1.10 bits per heavy atom. The Hall–Kier alpha value is -3.84. The van der Waals surface area contributed by atoms with E-state index < -0.39 is 10.9 Å². The molecule has 30 heavy (non-hydrogen) atoms. The van der Waals surface area contributed by atoms with Crippen molar-refractivity contribution in [1.82, 2.24) is 4.98 Å². The summed E-state index contributed by atoms with van der Waals surface area (Å²) in [7, 11) is 0. The number of rotatable bonds is 5. The highest BCUT2D eigenvalue weighted by atomic mass is 35.5. The van der Waals surface area contributed by atoms with Gasteiger partial charge >= 0.3 is 5.97 Å². The fourth-order valence-corrected chi connectivity index (χ4v) is 3.50. The molecule has 0 atom stereocenters. The number of benzene rings is 3. The number of aromatic carboxylic acids is 1. The lowest BCUT2D eigenvalue weighted by Crippen LogP contribution is -1.99. The zero-order valence-electron chi connectivity index (χ0n) is 15.7. The Bertz CT molecular complexity index is 1310. The van der Waals surface area contributed by atoms with Crippen LogP contribution in [0.25, 0.3) is 22.0 Å². The molecule has 1 aromatic heterocycles. The topological polar surface area (TPSA) is 105 Å². The summed E-state index contributed by atoms with van der Waals surface area (Å²) in [6, 6.07) is 16.6. The first-order valence-electron chi connectivity index (χ1n) is 8.91. The second-order valence-corrected chi connectivity index (χ2v) is 7.14. The number of carboxylic acid groups (broad SMARTS) is 1. The Labute approximate surface area is 175 Å². The highest BCUT2D eigenvalue weighted by molar-refractivity contribution is 6.30. The Morgan fingerprint density at radius 3 is 2.57 bits per heavy atom. The van der Waals surface area contributed by atoms with Crippen LogP contribution in [0.5, 0.6) is 11.5 Å². The normalized spacial score (nSPS) is 10.9. The number of hydrogen-bond donors (Lipinski definition) is 2. The van der Waals surface area contributed by atoms with Gasteiger partial charge in [-0.1, -0.05) is 29.8 Å². The molecule has 0 aliphatic carbocycles. The number of carboxylic acids is 1. The lowest BCUT2D eigenvalue weighted by atomic mass is 9.99. The largest absolute Gasteiger partial charge is 0.477 e. The molecule has 0 saturated heterocycles. The molecule has 0 amide bonds. The number of halogens is 1. The van der Waals surface area contributed by atoms with Crippen molar-refractivity contribution in [1.29, 1.82) is 0 Å². The quantitative estimate of drug-likeness (QED) is 0.294. The van der Waals surface area contributed by atoms with E-state index in [4.69, 9.17) is 16.3 Å². The number of aryl methyl sites for hydroxylation is 1. The molecule has 3 aromatic carbocycles. The van der Waals surface area contributed by atoms with Gasteiger partial charge in [-0.3, -0.25) is 10.1 Å². The molecule has 4 aromatic rings. The number of nitrogens with zero attached hydrogens (tertiary/aromatic N) is 1. The van der Waals surface area contributed by atoms with Crippen LogP contribution in [0.4, 0.5) is 5.69 Å². The molecule has 2 N–H and O–H groups in total. The maximum Gasteiger partial charge on any atom is 0.352 e. The molecule has 0 saturated carbocycles. The first kappa shape index (κ1) is 19.5. The van der Waals surface area contributed by atoms with Gasteiger partial charge in [-0.05, 0) is 48.9 Å². The van der Waals surface area contributed by atoms with Crippen LogP contribution in [-0.2, 0) is 0 Å². The minimum Gasteiger partial charge on any atom is -0.477 e. The van der Waals surface area contributed by atoms with Gasteiger partial charge in [-0.25, -0.2) is 4.79 Å². The van der Waals surface area contributed by atoms with E-state index in [9.17, 15) is 20.0 Å². The molecule has 1 heterocycles. The average molecular weight is 423 g/mol. The lowest BCUT2D eigenvalue weighted by Gasteiger charge is -2.08. The third kappa shape index (κ3) is 3.58. The molecule has 0 radical (unpaired) electrons. The van der Waals surface area contributed by atoms with Crippen LogP contribution in [0.1, 0.15) is 16.1 Å². The van der Waals surface area contributed by atoms with Crippen molar-refractivity contribution in [3.8, 4) is 22.6 Å². The maximum atomic E-state index is 11.9. The molecule has 0 unspecified atom stereocenters. The predicted octanol–water partition coefficient (Wildman–Crippen LogP) is 6.20. The Balaban J connectivity index is 1.89. The predicted molar refractivity (Wildman–Crippen MR) is 114 cm³/mol. The minimum absolute atomic E-state index is 0.0527. The number of H-pyrrole nitrogens is 1. The van der Waals surface area contributed by atoms with Crippen LogP contribution < -0.4 is 4.74 Å². The first-order valence-corrected chi connectivity index (χ1v) is 9.29. The fraction of sp³-hybridized carbons (Fsp3) is 0.0455. The summed E-state index contributed by atoms with van der Waals surface area (Å²) in [6.07, 6.45) is 0. The van der Waals surface area contributed by atoms with Crippen molar-refractivity contribution in [2.24, 2.45) is 0 Å². The van der Waals surface area contributed by atoms with Crippen molar-refractivity contribution in [2.75, 3.05) is 0 Å². The van der Waals surface area contributed by atoms with Gasteiger partial charge < -0.3 is 14.8 Å². The molecule has 8 heteroatoms. The van der Waals surface area contributed by atoms with Gasteiger partial charge in [0.25, 0.3) is 5.69 Å². The smallest absolute Gasteiger partial charge is 0.352 e. The highest BCUT2D eigenvalue weighted by Gasteiger charge is 2.22. The number of carbonyl (C=O) groups is 1. The number of aromatic amines is 1. The zero-order valence-corrected chi connectivity index (χ0v) is 16.4. The van der Waals surface area contributed by atoms with Crippen LogP contribution in [0.2, 0.25) is 5.02 Å². The van der Waals surface area contributed by atoms with E-state index in [-0.39, 0.29) is 11.4 Å². The summed E-state index contributed by atoms with van der Waals surface area (Å²) < 4.78 is 5.85. The molecule has 0 spiro atoms. The summed E-state index contributed by atoms with van der Waals surface area (Å²) in [5.41, 5.74) is 1.72. The summed E-state index contributed by atoms with van der Waals surface area (Å²) >= 11 is 6.00. The highest BCUT2D eigenvalue weighted by Crippen LogP contribution is 2.37. The van der Waals surface area contributed by atoms with Gasteiger partial charge in [0.05, 0.1) is 4.92 Å². The van der Waals surface area contributed by atoms with Crippen molar-refractivity contribution in [3.63, 3.8) is 0 Å². The molecule has 7 nitrogen and oxygen atoms in total. The molecular weight excluding hydrogens is 408 g/mol. The summed E-state index contributed by atoms with van der Waals surface area (Å²) in [6.45, 7) is 1.63. The van der Waals surface area contributed by atoms with Gasteiger partial charge in [0.1, 0.15) is 17.2 Å². The minimum atomic E-state index is -1.17.